The number of hydrogen-bond acceptors (Lipinski definition) is 7. The number of anilines is 1. The molecule has 0 aliphatic carbocycles. The molecule has 0 atom stereocenters. The number of nitrogens with zero attached hydrogens (tertiary/aromatic N) is 2. The van der Waals surface area contributed by atoms with Gasteiger partial charge in [0.25, 0.3) is 5.91 Å². The average molecular weight is 372 g/mol. The second-order valence-electron chi connectivity index (χ2n) is 5.21. The number of rotatable bonds is 5. The molecule has 0 aliphatic heterocycles. The molecule has 0 bridgehead atoms. The molecule has 1 amide bonds. The summed E-state index contributed by atoms with van der Waals surface area (Å²) >= 11 is 1.26. The number of benzene rings is 2. The number of aromatic hydroxyl groups is 1. The van der Waals surface area contributed by atoms with Crippen molar-refractivity contribution < 1.29 is 24.6 Å². The van der Waals surface area contributed by atoms with Crippen molar-refractivity contribution in [2.75, 3.05) is 19.3 Å². The maximum atomic E-state index is 12.3. The normalized spacial score (nSPS) is 10.4. The molecule has 0 saturated carbocycles. The van der Waals surface area contributed by atoms with Gasteiger partial charge in [-0.3, -0.25) is 10.0 Å². The van der Waals surface area contributed by atoms with Crippen LogP contribution in [-0.4, -0.2) is 35.4 Å². The fraction of sp³-hybridized carbons (Fsp3) is 0.111. The van der Waals surface area contributed by atoms with Crippen LogP contribution in [0.1, 0.15) is 10.4 Å². The van der Waals surface area contributed by atoms with Gasteiger partial charge in [0.1, 0.15) is 10.8 Å². The zero-order valence-electron chi connectivity index (χ0n) is 14.0. The number of thiazole rings is 1. The quantitative estimate of drug-likeness (QED) is 0.525. The molecular weight excluding hydrogens is 356 g/mol. The molecular formula is C18H16N2O5S. The first-order valence-corrected chi connectivity index (χ1v) is 8.42. The van der Waals surface area contributed by atoms with E-state index in [-0.39, 0.29) is 17.1 Å². The molecule has 26 heavy (non-hydrogen) atoms. The lowest BCUT2D eigenvalue weighted by Gasteiger charge is -2.12. The number of phenolic OH excluding ortho intramolecular Hbond substituents is 1. The smallest absolute Gasteiger partial charge is 0.287 e. The maximum Gasteiger partial charge on any atom is 0.287 e. The van der Waals surface area contributed by atoms with Crippen LogP contribution < -0.4 is 14.5 Å². The topological polar surface area (TPSA) is 92.1 Å². The summed E-state index contributed by atoms with van der Waals surface area (Å²) in [5.74, 6) is 0.214. The van der Waals surface area contributed by atoms with E-state index in [4.69, 9.17) is 9.47 Å². The van der Waals surface area contributed by atoms with E-state index in [1.54, 1.807) is 42.8 Å². The number of methoxy groups -OCH3 is 2. The summed E-state index contributed by atoms with van der Waals surface area (Å²) in [5.41, 5.74) is 0.734. The predicted octanol–water partition coefficient (Wildman–Crippen LogP) is 3.57. The third kappa shape index (κ3) is 3.32. The van der Waals surface area contributed by atoms with Gasteiger partial charge >= 0.3 is 0 Å². The van der Waals surface area contributed by atoms with Crippen molar-refractivity contribution in [3.05, 3.63) is 53.4 Å². The van der Waals surface area contributed by atoms with Crippen LogP contribution in [-0.2, 0) is 0 Å². The number of hydroxylamine groups is 1. The Hall–Kier alpha value is -3.10. The van der Waals surface area contributed by atoms with Gasteiger partial charge in [0.15, 0.2) is 17.3 Å². The van der Waals surface area contributed by atoms with E-state index in [1.807, 2.05) is 0 Å². The van der Waals surface area contributed by atoms with E-state index in [0.717, 1.165) is 5.56 Å². The Morgan fingerprint density at radius 2 is 1.85 bits per heavy atom. The number of amides is 1. The van der Waals surface area contributed by atoms with Crippen molar-refractivity contribution >= 4 is 23.1 Å². The summed E-state index contributed by atoms with van der Waals surface area (Å²) in [6.07, 6.45) is 0. The van der Waals surface area contributed by atoms with Crippen molar-refractivity contribution in [2.45, 2.75) is 0 Å². The van der Waals surface area contributed by atoms with E-state index >= 15 is 0 Å². The fourth-order valence-corrected chi connectivity index (χ4v) is 3.12. The van der Waals surface area contributed by atoms with Crippen molar-refractivity contribution in [1.29, 1.82) is 0 Å². The van der Waals surface area contributed by atoms with E-state index in [2.05, 4.69) is 4.98 Å². The Morgan fingerprint density at radius 1 is 1.12 bits per heavy atom. The van der Waals surface area contributed by atoms with E-state index < -0.39 is 5.91 Å². The molecule has 2 aromatic carbocycles. The number of phenols is 1. The molecule has 0 saturated heterocycles. The molecule has 1 heterocycles. The van der Waals surface area contributed by atoms with E-state index in [9.17, 15) is 15.1 Å². The van der Waals surface area contributed by atoms with Crippen LogP contribution in [0.5, 0.6) is 17.2 Å². The molecule has 1 aromatic heterocycles. The van der Waals surface area contributed by atoms with Gasteiger partial charge in [-0.25, -0.2) is 4.98 Å². The van der Waals surface area contributed by atoms with Gasteiger partial charge < -0.3 is 14.6 Å². The van der Waals surface area contributed by atoms with Crippen molar-refractivity contribution in [3.63, 3.8) is 0 Å². The Kier molecular flexibility index (Phi) is 5.06. The lowest BCUT2D eigenvalue weighted by molar-refractivity contribution is 0.0849. The first-order chi connectivity index (χ1) is 12.5. The summed E-state index contributed by atoms with van der Waals surface area (Å²) in [4.78, 5) is 16.6. The highest BCUT2D eigenvalue weighted by atomic mass is 32.1. The molecule has 3 aromatic rings. The number of hydrogen-bond donors (Lipinski definition) is 2. The molecule has 3 rings (SSSR count). The molecule has 134 valence electrons. The highest BCUT2D eigenvalue weighted by Crippen LogP contribution is 2.35. The standard InChI is InChI=1S/C18H16N2O5S/c1-24-14-8-7-11(9-15(14)25-2)17-19-16(10-26-17)20(23)18(22)12-5-3-4-6-13(12)21/h3-10,21,23H,1-2H3. The fourth-order valence-electron chi connectivity index (χ4n) is 2.34. The van der Waals surface area contributed by atoms with Crippen LogP contribution in [0.4, 0.5) is 5.82 Å². The molecule has 0 fully saturated rings. The first-order valence-electron chi connectivity index (χ1n) is 7.54. The molecule has 0 radical (unpaired) electrons. The number of aromatic nitrogens is 1. The van der Waals surface area contributed by atoms with Gasteiger partial charge in [0.05, 0.1) is 19.8 Å². The first kappa shape index (κ1) is 17.7. The van der Waals surface area contributed by atoms with Crippen LogP contribution in [0, 0.1) is 0 Å². The molecule has 7 nitrogen and oxygen atoms in total. The van der Waals surface area contributed by atoms with Crippen molar-refractivity contribution in [3.8, 4) is 27.8 Å². The molecule has 0 unspecified atom stereocenters. The zero-order valence-corrected chi connectivity index (χ0v) is 14.9. The third-order valence-corrected chi connectivity index (χ3v) is 4.55. The number of ether oxygens (including phenoxy) is 2. The lowest BCUT2D eigenvalue weighted by atomic mass is 10.2. The molecule has 2 N–H and O–H groups in total. The van der Waals surface area contributed by atoms with Gasteiger partial charge in [0.2, 0.25) is 0 Å². The summed E-state index contributed by atoms with van der Waals surface area (Å²) < 4.78 is 10.5. The van der Waals surface area contributed by atoms with Gasteiger partial charge in [-0.1, -0.05) is 12.1 Å². The number of carbonyl (C=O) groups is 1. The summed E-state index contributed by atoms with van der Waals surface area (Å²) in [6, 6.07) is 11.3. The predicted molar refractivity (Wildman–Crippen MR) is 97.4 cm³/mol. The Balaban J connectivity index is 1.88. The number of carbonyl (C=O) groups excluding carboxylic acids is 1. The van der Waals surface area contributed by atoms with Crippen LogP contribution in [0.3, 0.4) is 0 Å². The second-order valence-corrected chi connectivity index (χ2v) is 6.07. The minimum absolute atomic E-state index is 0.0179. The Morgan fingerprint density at radius 3 is 2.54 bits per heavy atom. The van der Waals surface area contributed by atoms with Crippen molar-refractivity contribution in [2.24, 2.45) is 0 Å². The van der Waals surface area contributed by atoms with Crippen LogP contribution in [0.2, 0.25) is 0 Å². The highest BCUT2D eigenvalue weighted by Gasteiger charge is 2.21. The minimum atomic E-state index is -0.771. The van der Waals surface area contributed by atoms with Gasteiger partial charge in [-0.2, -0.15) is 5.06 Å². The van der Waals surface area contributed by atoms with Crippen LogP contribution in [0.15, 0.2) is 47.8 Å². The SMILES string of the molecule is COc1ccc(-c2nc(N(O)C(=O)c3ccccc3O)cs2)cc1OC. The van der Waals surface area contributed by atoms with E-state index in [0.29, 0.717) is 21.6 Å². The second kappa shape index (κ2) is 7.42. The minimum Gasteiger partial charge on any atom is -0.507 e. The van der Waals surface area contributed by atoms with Gasteiger partial charge in [-0.05, 0) is 30.3 Å². The summed E-state index contributed by atoms with van der Waals surface area (Å²) in [5, 5.41) is 22.5. The summed E-state index contributed by atoms with van der Waals surface area (Å²) in [6.45, 7) is 0. The lowest BCUT2D eigenvalue weighted by Crippen LogP contribution is -2.27. The molecule has 0 aliphatic rings. The number of para-hydroxylation sites is 1. The Labute approximate surface area is 153 Å². The molecule has 0 spiro atoms. The van der Waals surface area contributed by atoms with Gasteiger partial charge in [-0.15, -0.1) is 11.3 Å². The monoisotopic (exact) mass is 372 g/mol. The zero-order chi connectivity index (χ0) is 18.7. The largest absolute Gasteiger partial charge is 0.507 e. The summed E-state index contributed by atoms with van der Waals surface area (Å²) in [7, 11) is 3.09. The molecule has 8 heteroatoms. The average Bonchev–Trinajstić information content (AvgIpc) is 3.16. The highest BCUT2D eigenvalue weighted by molar-refractivity contribution is 7.13. The van der Waals surface area contributed by atoms with Crippen LogP contribution >= 0.6 is 11.3 Å². The maximum absolute atomic E-state index is 12.3. The van der Waals surface area contributed by atoms with Crippen LogP contribution in [0.25, 0.3) is 10.6 Å². The Bertz CT molecular complexity index is 941. The third-order valence-electron chi connectivity index (χ3n) is 3.67. The van der Waals surface area contributed by atoms with Crippen molar-refractivity contribution in [1.82, 2.24) is 4.98 Å². The van der Waals surface area contributed by atoms with E-state index in [1.165, 1.54) is 30.6 Å². The van der Waals surface area contributed by atoms with Gasteiger partial charge in [0, 0.05) is 10.9 Å².